The zero-order chi connectivity index (χ0) is 12.6. The number of ether oxygens (including phenoxy) is 1. The molecule has 9 nitrogen and oxygen atoms in total. The third-order valence-electron chi connectivity index (χ3n) is 2.62. The van der Waals surface area contributed by atoms with Gasteiger partial charge in [0.25, 0.3) is 0 Å². The summed E-state index contributed by atoms with van der Waals surface area (Å²) in [6.45, 7) is -0.704. The van der Waals surface area contributed by atoms with Crippen LogP contribution in [-0.4, -0.2) is 54.4 Å². The fourth-order valence-corrected chi connectivity index (χ4v) is 1.64. The van der Waals surface area contributed by atoms with Crippen molar-refractivity contribution >= 4 is 0 Å². The van der Waals surface area contributed by atoms with E-state index in [1.807, 2.05) is 0 Å². The molecule has 1 aromatic rings. The van der Waals surface area contributed by atoms with Crippen LogP contribution >= 0.6 is 0 Å². The van der Waals surface area contributed by atoms with E-state index in [4.69, 9.17) is 15.6 Å². The van der Waals surface area contributed by atoms with E-state index < -0.39 is 36.5 Å². The lowest BCUT2D eigenvalue weighted by atomic mass is 10.1. The van der Waals surface area contributed by atoms with Crippen LogP contribution in [0.1, 0.15) is 6.23 Å². The predicted octanol–water partition coefficient (Wildman–Crippen LogP) is -3.46. The standard InChI is InChI=1S/C8H12N4O5/c9-8(1-13)5(15)4(14)6(17-8)12-3-10-2-11-7(12)16/h2-6,13-15H,1,9H2/t4-,5+,6?,8-/m1/s1. The number of aliphatic hydroxyl groups is 3. The summed E-state index contributed by atoms with van der Waals surface area (Å²) in [6.07, 6.45) is -2.09. The van der Waals surface area contributed by atoms with Crippen LogP contribution in [0.3, 0.4) is 0 Å². The lowest BCUT2D eigenvalue weighted by molar-refractivity contribution is -0.125. The molecule has 0 radical (unpaired) electrons. The first kappa shape index (κ1) is 12.1. The van der Waals surface area contributed by atoms with Crippen LogP contribution in [0.15, 0.2) is 17.4 Å². The maximum Gasteiger partial charge on any atom is 0.352 e. The van der Waals surface area contributed by atoms with Crippen LogP contribution in [0.2, 0.25) is 0 Å². The summed E-state index contributed by atoms with van der Waals surface area (Å²) in [7, 11) is 0. The first-order chi connectivity index (χ1) is 7.99. The fourth-order valence-electron chi connectivity index (χ4n) is 1.64. The number of aromatic nitrogens is 3. The minimum absolute atomic E-state index is 0.704. The molecule has 2 heterocycles. The maximum absolute atomic E-state index is 11.4. The Hall–Kier alpha value is -1.39. The second-order valence-electron chi connectivity index (χ2n) is 3.76. The molecule has 17 heavy (non-hydrogen) atoms. The monoisotopic (exact) mass is 244 g/mol. The van der Waals surface area contributed by atoms with Gasteiger partial charge in [-0.15, -0.1) is 0 Å². The number of rotatable bonds is 2. The highest BCUT2D eigenvalue weighted by molar-refractivity contribution is 4.97. The number of hydrogen-bond acceptors (Lipinski definition) is 8. The van der Waals surface area contributed by atoms with Gasteiger partial charge in [-0.05, 0) is 0 Å². The molecule has 1 unspecified atom stereocenters. The first-order valence-corrected chi connectivity index (χ1v) is 4.81. The van der Waals surface area contributed by atoms with Gasteiger partial charge in [-0.3, -0.25) is 10.3 Å². The van der Waals surface area contributed by atoms with Gasteiger partial charge in [-0.25, -0.2) is 9.78 Å². The molecule has 4 atom stereocenters. The van der Waals surface area contributed by atoms with Gasteiger partial charge in [0.1, 0.15) is 24.9 Å². The molecule has 0 aliphatic carbocycles. The summed E-state index contributed by atoms with van der Waals surface area (Å²) < 4.78 is 5.99. The zero-order valence-corrected chi connectivity index (χ0v) is 8.67. The molecule has 0 saturated carbocycles. The molecule has 94 valence electrons. The Morgan fingerprint density at radius 2 is 2.29 bits per heavy atom. The van der Waals surface area contributed by atoms with E-state index in [0.29, 0.717) is 0 Å². The van der Waals surface area contributed by atoms with E-state index in [1.54, 1.807) is 0 Å². The largest absolute Gasteiger partial charge is 0.392 e. The van der Waals surface area contributed by atoms with E-state index in [1.165, 1.54) is 0 Å². The molecular weight excluding hydrogens is 232 g/mol. The van der Waals surface area contributed by atoms with Crippen molar-refractivity contribution in [3.63, 3.8) is 0 Å². The molecule has 1 aliphatic rings. The normalized spacial score (nSPS) is 37.3. The van der Waals surface area contributed by atoms with Gasteiger partial charge in [-0.1, -0.05) is 0 Å². The highest BCUT2D eigenvalue weighted by Crippen LogP contribution is 2.32. The minimum atomic E-state index is -1.82. The molecule has 1 fully saturated rings. The van der Waals surface area contributed by atoms with Crippen LogP contribution in [0.5, 0.6) is 0 Å². The molecule has 1 saturated heterocycles. The van der Waals surface area contributed by atoms with Gasteiger partial charge >= 0.3 is 5.69 Å². The average Bonchev–Trinajstić information content (AvgIpc) is 2.56. The molecule has 9 heteroatoms. The molecule has 0 aromatic carbocycles. The Morgan fingerprint density at radius 3 is 2.82 bits per heavy atom. The second kappa shape index (κ2) is 4.13. The van der Waals surface area contributed by atoms with Crippen molar-refractivity contribution < 1.29 is 20.1 Å². The number of aliphatic hydroxyl groups excluding tert-OH is 3. The van der Waals surface area contributed by atoms with Crippen molar-refractivity contribution in [2.24, 2.45) is 5.73 Å². The minimum Gasteiger partial charge on any atom is -0.392 e. The van der Waals surface area contributed by atoms with Gasteiger partial charge < -0.3 is 20.1 Å². The molecule has 5 N–H and O–H groups in total. The van der Waals surface area contributed by atoms with E-state index >= 15 is 0 Å². The Labute approximate surface area is 95.1 Å². The lowest BCUT2D eigenvalue weighted by Gasteiger charge is -2.24. The Morgan fingerprint density at radius 1 is 1.59 bits per heavy atom. The smallest absolute Gasteiger partial charge is 0.352 e. The summed E-state index contributed by atoms with van der Waals surface area (Å²) in [5, 5.41) is 28.4. The average molecular weight is 244 g/mol. The van der Waals surface area contributed by atoms with Crippen molar-refractivity contribution in [3.05, 3.63) is 23.1 Å². The highest BCUT2D eigenvalue weighted by atomic mass is 16.6. The van der Waals surface area contributed by atoms with Gasteiger partial charge in [0, 0.05) is 0 Å². The van der Waals surface area contributed by atoms with Crippen molar-refractivity contribution in [1.29, 1.82) is 0 Å². The summed E-state index contributed by atoms with van der Waals surface area (Å²) in [6, 6.07) is 0. The summed E-state index contributed by atoms with van der Waals surface area (Å²) >= 11 is 0. The summed E-state index contributed by atoms with van der Waals surface area (Å²) in [5.41, 5.74) is 3.00. The van der Waals surface area contributed by atoms with E-state index in [-0.39, 0.29) is 0 Å². The lowest BCUT2D eigenvalue weighted by Crippen LogP contribution is -2.54. The van der Waals surface area contributed by atoms with Crippen molar-refractivity contribution in [3.8, 4) is 0 Å². The zero-order valence-electron chi connectivity index (χ0n) is 8.67. The third-order valence-corrected chi connectivity index (χ3v) is 2.62. The molecule has 1 aromatic heterocycles. The third kappa shape index (κ3) is 1.83. The first-order valence-electron chi connectivity index (χ1n) is 4.81. The number of nitrogens with zero attached hydrogens (tertiary/aromatic N) is 3. The Kier molecular flexibility index (Phi) is 2.93. The topological polar surface area (TPSA) is 144 Å². The molecular formula is C8H12N4O5. The van der Waals surface area contributed by atoms with Crippen LogP contribution in [0.4, 0.5) is 0 Å². The molecule has 0 spiro atoms. The summed E-state index contributed by atoms with van der Waals surface area (Å²) in [5.74, 6) is 0. The van der Waals surface area contributed by atoms with Crippen molar-refractivity contribution in [2.45, 2.75) is 24.2 Å². The fraction of sp³-hybridized carbons (Fsp3) is 0.625. The van der Waals surface area contributed by atoms with Crippen LogP contribution in [0, 0.1) is 0 Å². The summed E-state index contributed by atoms with van der Waals surface area (Å²) in [4.78, 5) is 18.4. The van der Waals surface area contributed by atoms with E-state index in [2.05, 4.69) is 9.97 Å². The van der Waals surface area contributed by atoms with Crippen molar-refractivity contribution in [2.75, 3.05) is 6.61 Å². The van der Waals surface area contributed by atoms with Gasteiger partial charge in [0.05, 0.1) is 6.61 Å². The maximum atomic E-state index is 11.4. The van der Waals surface area contributed by atoms with Gasteiger partial charge in [-0.2, -0.15) is 4.98 Å². The SMILES string of the molecule is N[C@]1(CO)OC(n2cncnc2=O)[C@H](O)[C@@H]1O. The number of hydrogen-bond donors (Lipinski definition) is 4. The molecule has 0 bridgehead atoms. The molecule has 0 amide bonds. The predicted molar refractivity (Wildman–Crippen MR) is 52.4 cm³/mol. The number of nitrogens with two attached hydrogens (primary N) is 1. The van der Waals surface area contributed by atoms with E-state index in [9.17, 15) is 15.0 Å². The Bertz CT molecular complexity index is 465. The second-order valence-corrected chi connectivity index (χ2v) is 3.76. The quantitative estimate of drug-likeness (QED) is 0.420. The van der Waals surface area contributed by atoms with Gasteiger partial charge in [0.15, 0.2) is 12.0 Å². The van der Waals surface area contributed by atoms with Gasteiger partial charge in [0.2, 0.25) is 0 Å². The van der Waals surface area contributed by atoms with Crippen LogP contribution < -0.4 is 11.4 Å². The van der Waals surface area contributed by atoms with Crippen LogP contribution in [0.25, 0.3) is 0 Å². The van der Waals surface area contributed by atoms with Crippen LogP contribution in [-0.2, 0) is 4.74 Å². The Balaban J connectivity index is 2.37. The van der Waals surface area contributed by atoms with E-state index in [0.717, 1.165) is 17.2 Å². The molecule has 1 aliphatic heterocycles. The van der Waals surface area contributed by atoms with Crippen molar-refractivity contribution in [1.82, 2.24) is 14.5 Å². The highest BCUT2D eigenvalue weighted by Gasteiger charge is 2.52. The molecule has 2 rings (SSSR count).